The van der Waals surface area contributed by atoms with Gasteiger partial charge in [0.1, 0.15) is 0 Å². The van der Waals surface area contributed by atoms with Crippen molar-refractivity contribution in [3.63, 3.8) is 0 Å². The number of anilines is 1. The zero-order valence-corrected chi connectivity index (χ0v) is 12.3. The third-order valence-electron chi connectivity index (χ3n) is 3.94. The predicted octanol–water partition coefficient (Wildman–Crippen LogP) is 3.94. The van der Waals surface area contributed by atoms with Crippen LogP contribution in [-0.2, 0) is 6.18 Å². The maximum Gasteiger partial charge on any atom is 0.418 e. The number of fused-ring (bicyclic) bond motifs is 1. The zero-order valence-electron chi connectivity index (χ0n) is 11.5. The molecule has 2 atom stereocenters. The molecule has 2 aliphatic carbocycles. The van der Waals surface area contributed by atoms with Crippen LogP contribution in [0.15, 0.2) is 41.5 Å². The van der Waals surface area contributed by atoms with Crippen LogP contribution in [0.1, 0.15) is 18.4 Å². The molecule has 0 spiro atoms. The van der Waals surface area contributed by atoms with Crippen LogP contribution in [-0.4, -0.2) is 10.8 Å². The molecule has 3 nitrogen and oxygen atoms in total. The maximum absolute atomic E-state index is 12.9. The maximum atomic E-state index is 12.9. The van der Waals surface area contributed by atoms with Gasteiger partial charge in [-0.3, -0.25) is 5.43 Å². The topological polar surface area (TPSA) is 36.4 Å². The summed E-state index contributed by atoms with van der Waals surface area (Å²) >= 11 is 5.02. The number of halogens is 3. The van der Waals surface area contributed by atoms with Crippen molar-refractivity contribution in [2.75, 3.05) is 5.32 Å². The molecule has 2 N–H and O–H groups in total. The van der Waals surface area contributed by atoms with E-state index in [0.717, 1.165) is 24.6 Å². The number of rotatable bonds is 2. The molecule has 2 aliphatic rings. The lowest BCUT2D eigenvalue weighted by Gasteiger charge is -2.31. The van der Waals surface area contributed by atoms with Gasteiger partial charge in [0.25, 0.3) is 0 Å². The van der Waals surface area contributed by atoms with E-state index in [4.69, 9.17) is 12.2 Å². The molecule has 7 heteroatoms. The van der Waals surface area contributed by atoms with E-state index >= 15 is 0 Å². The Morgan fingerprint density at radius 2 is 2.05 bits per heavy atom. The number of para-hydroxylation sites is 1. The highest BCUT2D eigenvalue weighted by atomic mass is 32.1. The summed E-state index contributed by atoms with van der Waals surface area (Å²) in [5.74, 6) is 0.991. The van der Waals surface area contributed by atoms with Crippen LogP contribution < -0.4 is 10.7 Å². The van der Waals surface area contributed by atoms with Gasteiger partial charge in [-0.15, -0.1) is 0 Å². The Kier molecular flexibility index (Phi) is 3.90. The molecule has 1 aromatic rings. The SMILES string of the molecule is FC(F)(F)c1ccccc1NC(=S)N/N=C1/C[C@@H]2C=CC[C@H]12. The number of hydrogen-bond donors (Lipinski definition) is 2. The quantitative estimate of drug-likeness (QED) is 0.491. The minimum absolute atomic E-state index is 0.0543. The molecule has 0 heterocycles. The van der Waals surface area contributed by atoms with E-state index in [2.05, 4.69) is 28.0 Å². The summed E-state index contributed by atoms with van der Waals surface area (Å²) in [4.78, 5) is 0. The highest BCUT2D eigenvalue weighted by Crippen LogP contribution is 2.40. The normalized spacial score (nSPS) is 24.8. The van der Waals surface area contributed by atoms with Crippen LogP contribution in [0, 0.1) is 11.8 Å². The molecule has 22 heavy (non-hydrogen) atoms. The van der Waals surface area contributed by atoms with E-state index in [1.54, 1.807) is 0 Å². The van der Waals surface area contributed by atoms with Gasteiger partial charge in [0, 0.05) is 11.6 Å². The molecule has 1 fully saturated rings. The molecule has 1 saturated carbocycles. The highest BCUT2D eigenvalue weighted by molar-refractivity contribution is 7.80. The fourth-order valence-electron chi connectivity index (χ4n) is 2.78. The lowest BCUT2D eigenvalue weighted by molar-refractivity contribution is -0.136. The van der Waals surface area contributed by atoms with E-state index in [1.807, 2.05) is 0 Å². The molecule has 0 aromatic heterocycles. The van der Waals surface area contributed by atoms with Gasteiger partial charge >= 0.3 is 6.18 Å². The van der Waals surface area contributed by atoms with E-state index in [1.165, 1.54) is 18.2 Å². The lowest BCUT2D eigenvalue weighted by atomic mass is 9.74. The van der Waals surface area contributed by atoms with E-state index in [0.29, 0.717) is 11.8 Å². The molecular formula is C15H14F3N3S. The number of benzene rings is 1. The van der Waals surface area contributed by atoms with Crippen molar-refractivity contribution >= 4 is 28.7 Å². The van der Waals surface area contributed by atoms with Gasteiger partial charge in [-0.2, -0.15) is 18.3 Å². The largest absolute Gasteiger partial charge is 0.418 e. The van der Waals surface area contributed by atoms with Gasteiger partial charge in [0.05, 0.1) is 11.3 Å². The van der Waals surface area contributed by atoms with Gasteiger partial charge in [-0.25, -0.2) is 0 Å². The number of allylic oxidation sites excluding steroid dienone is 2. The molecular weight excluding hydrogens is 311 g/mol. The van der Waals surface area contributed by atoms with Crippen LogP contribution in [0.4, 0.5) is 18.9 Å². The molecule has 1 aromatic carbocycles. The fourth-order valence-corrected chi connectivity index (χ4v) is 2.93. The number of alkyl halides is 3. The molecule has 0 bridgehead atoms. The first-order chi connectivity index (χ1) is 10.4. The smallest absolute Gasteiger partial charge is 0.331 e. The van der Waals surface area contributed by atoms with Gasteiger partial charge in [-0.05, 0) is 43.1 Å². The Hall–Kier alpha value is -1.89. The van der Waals surface area contributed by atoms with Crippen LogP contribution in [0.2, 0.25) is 0 Å². The lowest BCUT2D eigenvalue weighted by Crippen LogP contribution is -2.36. The van der Waals surface area contributed by atoms with Crippen molar-refractivity contribution in [2.45, 2.75) is 19.0 Å². The zero-order chi connectivity index (χ0) is 15.7. The Balaban J connectivity index is 1.62. The average Bonchev–Trinajstić information content (AvgIpc) is 2.80. The van der Waals surface area contributed by atoms with Gasteiger partial charge < -0.3 is 5.32 Å². The van der Waals surface area contributed by atoms with E-state index in [9.17, 15) is 13.2 Å². The fraction of sp³-hybridized carbons (Fsp3) is 0.333. The third-order valence-corrected chi connectivity index (χ3v) is 4.14. The summed E-state index contributed by atoms with van der Waals surface area (Å²) in [6, 6.07) is 5.21. The number of nitrogens with one attached hydrogen (secondary N) is 2. The minimum Gasteiger partial charge on any atom is -0.331 e. The molecule has 0 saturated heterocycles. The van der Waals surface area contributed by atoms with Crippen molar-refractivity contribution in [1.29, 1.82) is 0 Å². The van der Waals surface area contributed by atoms with Crippen molar-refractivity contribution in [2.24, 2.45) is 16.9 Å². The van der Waals surface area contributed by atoms with E-state index < -0.39 is 11.7 Å². The van der Waals surface area contributed by atoms with Crippen LogP contribution in [0.5, 0.6) is 0 Å². The Morgan fingerprint density at radius 1 is 1.27 bits per heavy atom. The Labute approximate surface area is 131 Å². The minimum atomic E-state index is -4.43. The average molecular weight is 325 g/mol. The first kappa shape index (κ1) is 15.0. The highest BCUT2D eigenvalue weighted by Gasteiger charge is 2.38. The first-order valence-corrected chi connectivity index (χ1v) is 7.32. The predicted molar refractivity (Wildman–Crippen MR) is 83.6 cm³/mol. The van der Waals surface area contributed by atoms with Crippen molar-refractivity contribution in [3.8, 4) is 0 Å². The van der Waals surface area contributed by atoms with E-state index in [-0.39, 0.29) is 10.8 Å². The molecule has 0 radical (unpaired) electrons. The summed E-state index contributed by atoms with van der Waals surface area (Å²) < 4.78 is 38.7. The monoisotopic (exact) mass is 325 g/mol. The second-order valence-electron chi connectivity index (χ2n) is 5.35. The van der Waals surface area contributed by atoms with Crippen molar-refractivity contribution in [1.82, 2.24) is 5.43 Å². The summed E-state index contributed by atoms with van der Waals surface area (Å²) in [5, 5.41) is 6.81. The summed E-state index contributed by atoms with van der Waals surface area (Å²) in [7, 11) is 0. The third kappa shape index (κ3) is 2.99. The van der Waals surface area contributed by atoms with Crippen LogP contribution in [0.3, 0.4) is 0 Å². The number of nitrogens with zero attached hydrogens (tertiary/aromatic N) is 1. The summed E-state index contributed by atoms with van der Waals surface area (Å²) in [6.07, 6.45) is 1.74. The van der Waals surface area contributed by atoms with Gasteiger partial charge in [0.15, 0.2) is 5.11 Å². The first-order valence-electron chi connectivity index (χ1n) is 6.91. The van der Waals surface area contributed by atoms with Crippen molar-refractivity contribution < 1.29 is 13.2 Å². The van der Waals surface area contributed by atoms with Crippen molar-refractivity contribution in [3.05, 3.63) is 42.0 Å². The number of hydrazone groups is 1. The molecule has 0 aliphatic heterocycles. The molecule has 3 rings (SSSR count). The second-order valence-corrected chi connectivity index (χ2v) is 5.76. The number of thiocarbonyl (C=S) groups is 1. The van der Waals surface area contributed by atoms with Gasteiger partial charge in [0.2, 0.25) is 0 Å². The Bertz CT molecular complexity index is 652. The molecule has 0 amide bonds. The van der Waals surface area contributed by atoms with Crippen LogP contribution in [0.25, 0.3) is 0 Å². The molecule has 116 valence electrons. The van der Waals surface area contributed by atoms with Crippen LogP contribution >= 0.6 is 12.2 Å². The summed E-state index contributed by atoms with van der Waals surface area (Å²) in [5.41, 5.74) is 2.82. The summed E-state index contributed by atoms with van der Waals surface area (Å²) in [6.45, 7) is 0. The Morgan fingerprint density at radius 3 is 2.77 bits per heavy atom. The van der Waals surface area contributed by atoms with Gasteiger partial charge in [-0.1, -0.05) is 24.3 Å². The standard InChI is InChI=1S/C15H14F3N3S/c16-15(17,18)11-6-1-2-7-12(11)19-14(22)21-20-13-8-9-4-3-5-10(9)13/h1-4,6-7,9-10H,5,8H2,(H2,19,21,22)/b20-13-/t9-,10-/m0/s1. The second kappa shape index (κ2) is 5.72. The number of hydrogen-bond acceptors (Lipinski definition) is 2. The molecule has 0 unspecified atom stereocenters.